The summed E-state index contributed by atoms with van der Waals surface area (Å²) in [5.74, 6) is 0. The standard InChI is InChI=1S/C17H22N2O/c1-5-19-16(9-8-14(11-18-4)17(19)20)15-10-12(2)6-7-13(15)3/h6-10,18H,5,11H2,1-4H3. The minimum Gasteiger partial charge on any atom is -0.315 e. The number of hydrogen-bond acceptors (Lipinski definition) is 2. The van der Waals surface area contributed by atoms with Gasteiger partial charge in [0.15, 0.2) is 0 Å². The van der Waals surface area contributed by atoms with Gasteiger partial charge in [0.1, 0.15) is 0 Å². The van der Waals surface area contributed by atoms with Crippen molar-refractivity contribution in [2.24, 2.45) is 0 Å². The van der Waals surface area contributed by atoms with Gasteiger partial charge >= 0.3 is 0 Å². The first-order valence-electron chi connectivity index (χ1n) is 7.03. The topological polar surface area (TPSA) is 34.0 Å². The Kier molecular flexibility index (Phi) is 4.40. The van der Waals surface area contributed by atoms with Gasteiger partial charge in [-0.2, -0.15) is 0 Å². The van der Waals surface area contributed by atoms with Crippen molar-refractivity contribution in [3.05, 3.63) is 57.4 Å². The summed E-state index contributed by atoms with van der Waals surface area (Å²) in [6.45, 7) is 7.46. The normalized spacial score (nSPS) is 10.8. The van der Waals surface area contributed by atoms with Gasteiger partial charge in [-0.15, -0.1) is 0 Å². The molecule has 0 bridgehead atoms. The summed E-state index contributed by atoms with van der Waals surface area (Å²) in [5.41, 5.74) is 5.45. The molecule has 1 aromatic carbocycles. The summed E-state index contributed by atoms with van der Waals surface area (Å²) in [4.78, 5) is 12.5. The van der Waals surface area contributed by atoms with E-state index in [2.05, 4.69) is 43.4 Å². The Morgan fingerprint density at radius 2 is 1.90 bits per heavy atom. The molecule has 2 rings (SSSR count). The summed E-state index contributed by atoms with van der Waals surface area (Å²) in [5, 5.41) is 3.04. The quantitative estimate of drug-likeness (QED) is 0.927. The second kappa shape index (κ2) is 6.06. The molecule has 3 nitrogen and oxygen atoms in total. The van der Waals surface area contributed by atoms with Crippen LogP contribution < -0.4 is 10.9 Å². The number of aryl methyl sites for hydroxylation is 2. The predicted octanol–water partition coefficient (Wildman–Crippen LogP) is 2.87. The summed E-state index contributed by atoms with van der Waals surface area (Å²) < 4.78 is 1.86. The van der Waals surface area contributed by atoms with Crippen molar-refractivity contribution >= 4 is 0 Å². The van der Waals surface area contributed by atoms with Crippen LogP contribution in [0.2, 0.25) is 0 Å². The monoisotopic (exact) mass is 270 g/mol. The van der Waals surface area contributed by atoms with E-state index in [4.69, 9.17) is 0 Å². The van der Waals surface area contributed by atoms with Crippen molar-refractivity contribution in [1.29, 1.82) is 0 Å². The molecule has 0 aliphatic rings. The predicted molar refractivity (Wildman–Crippen MR) is 84.0 cm³/mol. The molecule has 0 aliphatic carbocycles. The van der Waals surface area contributed by atoms with Gasteiger partial charge in [-0.1, -0.05) is 23.8 Å². The summed E-state index contributed by atoms with van der Waals surface area (Å²) >= 11 is 0. The van der Waals surface area contributed by atoms with Crippen molar-refractivity contribution in [2.45, 2.75) is 33.9 Å². The van der Waals surface area contributed by atoms with E-state index in [0.29, 0.717) is 13.1 Å². The average Bonchev–Trinajstić information content (AvgIpc) is 2.44. The van der Waals surface area contributed by atoms with Gasteiger partial charge in [0, 0.05) is 24.2 Å². The van der Waals surface area contributed by atoms with Crippen LogP contribution in [0, 0.1) is 13.8 Å². The van der Waals surface area contributed by atoms with E-state index in [-0.39, 0.29) is 5.56 Å². The van der Waals surface area contributed by atoms with E-state index in [1.807, 2.05) is 24.6 Å². The molecule has 0 fully saturated rings. The van der Waals surface area contributed by atoms with Crippen molar-refractivity contribution in [3.8, 4) is 11.3 Å². The molecule has 20 heavy (non-hydrogen) atoms. The van der Waals surface area contributed by atoms with Crippen LogP contribution in [0.15, 0.2) is 35.1 Å². The van der Waals surface area contributed by atoms with Crippen LogP contribution >= 0.6 is 0 Å². The van der Waals surface area contributed by atoms with Crippen LogP contribution in [-0.2, 0) is 13.1 Å². The van der Waals surface area contributed by atoms with Crippen molar-refractivity contribution in [3.63, 3.8) is 0 Å². The average molecular weight is 270 g/mol. The molecular formula is C17H22N2O. The van der Waals surface area contributed by atoms with Crippen LogP contribution in [-0.4, -0.2) is 11.6 Å². The van der Waals surface area contributed by atoms with Crippen LogP contribution in [0.3, 0.4) is 0 Å². The molecule has 1 heterocycles. The highest BCUT2D eigenvalue weighted by molar-refractivity contribution is 5.65. The summed E-state index contributed by atoms with van der Waals surface area (Å²) in [6.07, 6.45) is 0. The third kappa shape index (κ3) is 2.68. The van der Waals surface area contributed by atoms with Gasteiger partial charge in [-0.3, -0.25) is 4.79 Å². The minimum atomic E-state index is 0.0975. The Balaban J connectivity index is 2.66. The maximum Gasteiger partial charge on any atom is 0.255 e. The number of benzene rings is 1. The van der Waals surface area contributed by atoms with Crippen LogP contribution in [0.1, 0.15) is 23.6 Å². The van der Waals surface area contributed by atoms with E-state index in [1.54, 1.807) is 0 Å². The number of nitrogens with zero attached hydrogens (tertiary/aromatic N) is 1. The molecule has 2 aromatic rings. The highest BCUT2D eigenvalue weighted by Gasteiger charge is 2.11. The summed E-state index contributed by atoms with van der Waals surface area (Å²) in [7, 11) is 1.86. The fourth-order valence-corrected chi connectivity index (χ4v) is 2.51. The molecule has 1 N–H and O–H groups in total. The second-order valence-electron chi connectivity index (χ2n) is 5.14. The van der Waals surface area contributed by atoms with E-state index in [9.17, 15) is 4.79 Å². The zero-order valence-electron chi connectivity index (χ0n) is 12.7. The van der Waals surface area contributed by atoms with Crippen LogP contribution in [0.4, 0.5) is 0 Å². The van der Waals surface area contributed by atoms with Gasteiger partial charge in [-0.25, -0.2) is 0 Å². The third-order valence-corrected chi connectivity index (χ3v) is 3.61. The lowest BCUT2D eigenvalue weighted by Crippen LogP contribution is -2.26. The van der Waals surface area contributed by atoms with E-state index >= 15 is 0 Å². The minimum absolute atomic E-state index is 0.0975. The largest absolute Gasteiger partial charge is 0.315 e. The van der Waals surface area contributed by atoms with E-state index in [1.165, 1.54) is 11.1 Å². The lowest BCUT2D eigenvalue weighted by Gasteiger charge is -2.15. The number of aromatic nitrogens is 1. The smallest absolute Gasteiger partial charge is 0.255 e. The lowest BCUT2D eigenvalue weighted by atomic mass is 10.0. The Morgan fingerprint density at radius 3 is 2.55 bits per heavy atom. The molecule has 0 spiro atoms. The molecule has 3 heteroatoms. The van der Waals surface area contributed by atoms with Crippen molar-refractivity contribution in [2.75, 3.05) is 7.05 Å². The van der Waals surface area contributed by atoms with Gasteiger partial charge in [-0.05, 0) is 45.5 Å². The Hall–Kier alpha value is -1.87. The zero-order chi connectivity index (χ0) is 14.7. The molecule has 0 aliphatic heterocycles. The molecule has 0 radical (unpaired) electrons. The number of nitrogens with one attached hydrogen (secondary N) is 1. The molecule has 0 saturated carbocycles. The number of rotatable bonds is 4. The molecular weight excluding hydrogens is 248 g/mol. The van der Waals surface area contributed by atoms with Gasteiger partial charge in [0.05, 0.1) is 5.69 Å². The van der Waals surface area contributed by atoms with Crippen molar-refractivity contribution < 1.29 is 0 Å². The molecule has 0 unspecified atom stereocenters. The Labute approximate surface area is 120 Å². The first kappa shape index (κ1) is 14.5. The fraction of sp³-hybridized carbons (Fsp3) is 0.353. The molecule has 0 atom stereocenters. The Bertz CT molecular complexity index is 671. The second-order valence-corrected chi connectivity index (χ2v) is 5.14. The molecule has 106 valence electrons. The first-order chi connectivity index (χ1) is 9.58. The highest BCUT2D eigenvalue weighted by Crippen LogP contribution is 2.24. The fourth-order valence-electron chi connectivity index (χ4n) is 2.51. The SMILES string of the molecule is CCn1c(-c2cc(C)ccc2C)ccc(CNC)c1=O. The zero-order valence-corrected chi connectivity index (χ0v) is 12.7. The maximum atomic E-state index is 12.5. The van der Waals surface area contributed by atoms with E-state index < -0.39 is 0 Å². The van der Waals surface area contributed by atoms with Crippen LogP contribution in [0.25, 0.3) is 11.3 Å². The molecule has 0 amide bonds. The third-order valence-electron chi connectivity index (χ3n) is 3.61. The van der Waals surface area contributed by atoms with Gasteiger partial charge < -0.3 is 9.88 Å². The number of pyridine rings is 1. The number of hydrogen-bond donors (Lipinski definition) is 1. The first-order valence-corrected chi connectivity index (χ1v) is 7.03. The maximum absolute atomic E-state index is 12.5. The summed E-state index contributed by atoms with van der Waals surface area (Å²) in [6, 6.07) is 10.3. The Morgan fingerprint density at radius 1 is 1.15 bits per heavy atom. The molecule has 0 saturated heterocycles. The highest BCUT2D eigenvalue weighted by atomic mass is 16.1. The molecule has 1 aromatic heterocycles. The van der Waals surface area contributed by atoms with Gasteiger partial charge in [0.2, 0.25) is 0 Å². The lowest BCUT2D eigenvalue weighted by molar-refractivity contribution is 0.706. The van der Waals surface area contributed by atoms with Crippen LogP contribution in [0.5, 0.6) is 0 Å². The van der Waals surface area contributed by atoms with Gasteiger partial charge in [0.25, 0.3) is 5.56 Å². The van der Waals surface area contributed by atoms with Crippen molar-refractivity contribution in [1.82, 2.24) is 9.88 Å². The van der Waals surface area contributed by atoms with E-state index in [0.717, 1.165) is 16.8 Å².